The van der Waals surface area contributed by atoms with E-state index in [9.17, 15) is 24.3 Å². The predicted molar refractivity (Wildman–Crippen MR) is 130 cm³/mol. The second-order valence-electron chi connectivity index (χ2n) is 11.3. The van der Waals surface area contributed by atoms with Crippen molar-refractivity contribution in [3.63, 3.8) is 0 Å². The van der Waals surface area contributed by atoms with Gasteiger partial charge in [0.2, 0.25) is 11.8 Å². The molecule has 34 heavy (non-hydrogen) atoms. The summed E-state index contributed by atoms with van der Waals surface area (Å²) in [5.41, 5.74) is -0.646. The van der Waals surface area contributed by atoms with E-state index in [1.165, 1.54) is 0 Å². The van der Waals surface area contributed by atoms with Crippen LogP contribution in [0.3, 0.4) is 0 Å². The monoisotopic (exact) mass is 483 g/mol. The van der Waals surface area contributed by atoms with E-state index >= 15 is 0 Å². The highest BCUT2D eigenvalue weighted by Crippen LogP contribution is 2.29. The van der Waals surface area contributed by atoms with Crippen LogP contribution in [0.4, 0.5) is 4.79 Å². The molecule has 0 aliphatic heterocycles. The van der Waals surface area contributed by atoms with Crippen molar-refractivity contribution in [2.75, 3.05) is 6.54 Å². The van der Waals surface area contributed by atoms with Crippen molar-refractivity contribution in [2.45, 2.75) is 105 Å². The first-order valence-corrected chi connectivity index (χ1v) is 12.5. The van der Waals surface area contributed by atoms with Crippen molar-refractivity contribution in [2.24, 2.45) is 23.7 Å². The number of carbonyl (C=O) groups is 4. The maximum atomic E-state index is 12.8. The van der Waals surface area contributed by atoms with Crippen LogP contribution in [-0.2, 0) is 19.1 Å². The standard InChI is InChI=1S/C25H45N3O6/c1-15(2)12-19(28-24(33)34-25(5,6)7)22(30)26-14-17-8-10-18(11-9-17)21(29)27-20(23(31)32)13-16(3)4/h15-20H,8-14H2,1-7H3,(H,26,30)(H,27,29)(H,28,33)(H,31,32)/t17?,18?,19-,20-/m0/s1. The maximum Gasteiger partial charge on any atom is 0.408 e. The Balaban J connectivity index is 2.53. The topological polar surface area (TPSA) is 134 Å². The third-order valence-corrected chi connectivity index (χ3v) is 5.82. The number of nitrogens with one attached hydrogen (secondary N) is 3. The lowest BCUT2D eigenvalue weighted by Gasteiger charge is -2.29. The molecule has 9 nitrogen and oxygen atoms in total. The molecule has 1 rings (SSSR count). The number of hydrogen-bond acceptors (Lipinski definition) is 5. The van der Waals surface area contributed by atoms with Gasteiger partial charge in [0.05, 0.1) is 0 Å². The van der Waals surface area contributed by atoms with Gasteiger partial charge in [0.1, 0.15) is 17.7 Å². The Morgan fingerprint density at radius 3 is 1.88 bits per heavy atom. The summed E-state index contributed by atoms with van der Waals surface area (Å²) in [5, 5.41) is 17.7. The Labute approximate surface area is 204 Å². The van der Waals surface area contributed by atoms with Gasteiger partial charge in [-0.2, -0.15) is 0 Å². The Morgan fingerprint density at radius 2 is 1.41 bits per heavy atom. The molecular formula is C25H45N3O6. The van der Waals surface area contributed by atoms with Crippen molar-refractivity contribution < 1.29 is 29.0 Å². The van der Waals surface area contributed by atoms with Crippen LogP contribution in [0.1, 0.15) is 87.0 Å². The van der Waals surface area contributed by atoms with Crippen LogP contribution < -0.4 is 16.0 Å². The number of aliphatic carboxylic acids is 1. The van der Waals surface area contributed by atoms with Gasteiger partial charge >= 0.3 is 12.1 Å². The smallest absolute Gasteiger partial charge is 0.408 e. The first kappa shape index (κ1) is 29.7. The largest absolute Gasteiger partial charge is 0.480 e. The highest BCUT2D eigenvalue weighted by atomic mass is 16.6. The van der Waals surface area contributed by atoms with Gasteiger partial charge in [-0.05, 0) is 77.0 Å². The SMILES string of the molecule is CC(C)C[C@H](NC(=O)C1CCC(CNC(=O)[C@H](CC(C)C)NC(=O)OC(C)(C)C)CC1)C(=O)O. The Bertz CT molecular complexity index is 693. The van der Waals surface area contributed by atoms with Crippen LogP contribution in [0.15, 0.2) is 0 Å². The minimum atomic E-state index is -1.01. The minimum Gasteiger partial charge on any atom is -0.480 e. The average Bonchev–Trinajstić information content (AvgIpc) is 2.69. The molecule has 0 unspecified atom stereocenters. The second kappa shape index (κ2) is 13.5. The van der Waals surface area contributed by atoms with Gasteiger partial charge in [-0.15, -0.1) is 0 Å². The molecule has 9 heteroatoms. The Hall–Kier alpha value is -2.32. The average molecular weight is 484 g/mol. The lowest BCUT2D eigenvalue weighted by Crippen LogP contribution is -2.50. The Kier molecular flexibility index (Phi) is 11.8. The third kappa shape index (κ3) is 11.7. The van der Waals surface area contributed by atoms with Gasteiger partial charge in [0.25, 0.3) is 0 Å². The van der Waals surface area contributed by atoms with E-state index in [2.05, 4.69) is 16.0 Å². The normalized spacial score (nSPS) is 20.4. The van der Waals surface area contributed by atoms with Crippen molar-refractivity contribution in [3.05, 3.63) is 0 Å². The van der Waals surface area contributed by atoms with Gasteiger partial charge in [-0.3, -0.25) is 9.59 Å². The molecule has 3 amide bonds. The van der Waals surface area contributed by atoms with E-state index in [0.717, 1.165) is 12.8 Å². The van der Waals surface area contributed by atoms with Gasteiger partial charge < -0.3 is 25.8 Å². The maximum absolute atomic E-state index is 12.8. The zero-order valence-electron chi connectivity index (χ0n) is 21.9. The zero-order chi connectivity index (χ0) is 26.1. The summed E-state index contributed by atoms with van der Waals surface area (Å²) < 4.78 is 5.29. The lowest BCUT2D eigenvalue weighted by atomic mass is 9.81. The van der Waals surface area contributed by atoms with E-state index < -0.39 is 29.7 Å². The summed E-state index contributed by atoms with van der Waals surface area (Å²) in [6.45, 7) is 13.6. The molecule has 0 aromatic carbocycles. The van der Waals surface area contributed by atoms with Crippen LogP contribution in [0.2, 0.25) is 0 Å². The fourth-order valence-electron chi connectivity index (χ4n) is 4.13. The predicted octanol–water partition coefficient (Wildman–Crippen LogP) is 3.46. The number of hydrogen-bond donors (Lipinski definition) is 4. The number of ether oxygens (including phenoxy) is 1. The van der Waals surface area contributed by atoms with E-state index in [0.29, 0.717) is 32.2 Å². The number of carbonyl (C=O) groups excluding carboxylic acids is 3. The summed E-state index contributed by atoms with van der Waals surface area (Å²) in [4.78, 5) is 48.9. The molecule has 4 N–H and O–H groups in total. The highest BCUT2D eigenvalue weighted by molar-refractivity contribution is 5.86. The molecule has 2 atom stereocenters. The Morgan fingerprint density at radius 1 is 0.882 bits per heavy atom. The van der Waals surface area contributed by atoms with Crippen molar-refractivity contribution in [1.82, 2.24) is 16.0 Å². The lowest BCUT2D eigenvalue weighted by molar-refractivity contribution is -0.143. The molecule has 0 aromatic rings. The van der Waals surface area contributed by atoms with Gasteiger partial charge in [0.15, 0.2) is 0 Å². The molecule has 0 aromatic heterocycles. The molecule has 1 aliphatic carbocycles. The van der Waals surface area contributed by atoms with Crippen LogP contribution in [0.25, 0.3) is 0 Å². The minimum absolute atomic E-state index is 0.171. The molecule has 196 valence electrons. The fourth-order valence-corrected chi connectivity index (χ4v) is 4.13. The van der Waals surface area contributed by atoms with Gasteiger partial charge in [-0.1, -0.05) is 27.7 Å². The molecule has 1 saturated carbocycles. The van der Waals surface area contributed by atoms with E-state index in [1.54, 1.807) is 20.8 Å². The highest BCUT2D eigenvalue weighted by Gasteiger charge is 2.31. The fraction of sp³-hybridized carbons (Fsp3) is 0.840. The van der Waals surface area contributed by atoms with Crippen LogP contribution >= 0.6 is 0 Å². The summed E-state index contributed by atoms with van der Waals surface area (Å²) in [7, 11) is 0. The first-order valence-electron chi connectivity index (χ1n) is 12.5. The van der Waals surface area contributed by atoms with E-state index in [4.69, 9.17) is 4.74 Å². The molecule has 1 aliphatic rings. The number of rotatable bonds is 11. The number of alkyl carbamates (subject to hydrolysis) is 1. The molecule has 0 spiro atoms. The number of carboxylic acid groups (broad SMARTS) is 1. The molecule has 0 heterocycles. The van der Waals surface area contributed by atoms with Crippen LogP contribution in [0, 0.1) is 23.7 Å². The molecular weight excluding hydrogens is 438 g/mol. The summed E-state index contributed by atoms with van der Waals surface area (Å²) in [6.07, 6.45) is 3.15. The second-order valence-corrected chi connectivity index (χ2v) is 11.3. The third-order valence-electron chi connectivity index (χ3n) is 5.82. The van der Waals surface area contributed by atoms with Gasteiger partial charge in [0, 0.05) is 12.5 Å². The van der Waals surface area contributed by atoms with E-state index in [-0.39, 0.29) is 35.5 Å². The van der Waals surface area contributed by atoms with Crippen molar-refractivity contribution >= 4 is 23.9 Å². The quantitative estimate of drug-likeness (QED) is 0.356. The van der Waals surface area contributed by atoms with E-state index in [1.807, 2.05) is 27.7 Å². The number of carboxylic acids is 1. The molecule has 0 radical (unpaired) electrons. The summed E-state index contributed by atoms with van der Waals surface area (Å²) >= 11 is 0. The van der Waals surface area contributed by atoms with Crippen LogP contribution in [0.5, 0.6) is 0 Å². The summed E-state index contributed by atoms with van der Waals surface area (Å²) in [6, 6.07) is -1.54. The molecule has 0 saturated heterocycles. The van der Waals surface area contributed by atoms with Crippen molar-refractivity contribution in [1.29, 1.82) is 0 Å². The van der Waals surface area contributed by atoms with Gasteiger partial charge in [-0.25, -0.2) is 9.59 Å². The van der Waals surface area contributed by atoms with Crippen molar-refractivity contribution in [3.8, 4) is 0 Å². The molecule has 0 bridgehead atoms. The first-order chi connectivity index (χ1) is 15.7. The zero-order valence-corrected chi connectivity index (χ0v) is 21.9. The molecule has 1 fully saturated rings. The van der Waals surface area contributed by atoms with Crippen LogP contribution in [-0.4, -0.2) is 53.2 Å². The number of amides is 3. The summed E-state index contributed by atoms with van der Waals surface area (Å²) in [5.74, 6) is -1.03.